The SMILES string of the molecule is CC(=O)c1cccc2c1ccn2-c1ccc(C)cc1. The van der Waals surface area contributed by atoms with E-state index in [1.165, 1.54) is 5.56 Å². The highest BCUT2D eigenvalue weighted by Gasteiger charge is 2.09. The largest absolute Gasteiger partial charge is 0.317 e. The van der Waals surface area contributed by atoms with Gasteiger partial charge in [-0.25, -0.2) is 0 Å². The van der Waals surface area contributed by atoms with E-state index >= 15 is 0 Å². The number of hydrogen-bond acceptors (Lipinski definition) is 1. The summed E-state index contributed by atoms with van der Waals surface area (Å²) in [6.45, 7) is 3.68. The van der Waals surface area contributed by atoms with Crippen molar-refractivity contribution in [1.29, 1.82) is 0 Å². The Balaban J connectivity index is 2.24. The van der Waals surface area contributed by atoms with E-state index in [0.29, 0.717) is 0 Å². The number of carbonyl (C=O) groups is 1. The van der Waals surface area contributed by atoms with Crippen LogP contribution in [0.3, 0.4) is 0 Å². The number of Topliss-reactive ketones (excluding diaryl/α,β-unsaturated/α-hetero) is 1. The molecule has 94 valence electrons. The molecule has 0 spiro atoms. The summed E-state index contributed by atoms with van der Waals surface area (Å²) in [7, 11) is 0. The second-order valence-corrected chi connectivity index (χ2v) is 4.82. The quantitative estimate of drug-likeness (QED) is 0.625. The van der Waals surface area contributed by atoms with E-state index in [2.05, 4.69) is 35.8 Å². The van der Waals surface area contributed by atoms with Gasteiger partial charge in [0.25, 0.3) is 0 Å². The van der Waals surface area contributed by atoms with Crippen LogP contribution < -0.4 is 0 Å². The van der Waals surface area contributed by atoms with Gasteiger partial charge in [0.2, 0.25) is 0 Å². The first-order valence-corrected chi connectivity index (χ1v) is 6.35. The summed E-state index contributed by atoms with van der Waals surface area (Å²) in [6, 6.07) is 16.2. The molecule has 0 aliphatic rings. The molecule has 0 radical (unpaired) electrons. The number of rotatable bonds is 2. The molecule has 2 heteroatoms. The first-order valence-electron chi connectivity index (χ1n) is 6.35. The molecule has 0 aliphatic heterocycles. The summed E-state index contributed by atoms with van der Waals surface area (Å²) >= 11 is 0. The number of nitrogens with zero attached hydrogens (tertiary/aromatic N) is 1. The maximum absolute atomic E-state index is 11.6. The van der Waals surface area contributed by atoms with Crippen LogP contribution in [0.15, 0.2) is 54.7 Å². The maximum atomic E-state index is 11.6. The molecule has 1 aromatic heterocycles. The van der Waals surface area contributed by atoms with Gasteiger partial charge < -0.3 is 4.57 Å². The van der Waals surface area contributed by atoms with Crippen LogP contribution in [0.4, 0.5) is 0 Å². The van der Waals surface area contributed by atoms with Crippen LogP contribution in [0.1, 0.15) is 22.8 Å². The van der Waals surface area contributed by atoms with Gasteiger partial charge in [-0.15, -0.1) is 0 Å². The van der Waals surface area contributed by atoms with Crippen molar-refractivity contribution in [2.75, 3.05) is 0 Å². The van der Waals surface area contributed by atoms with E-state index in [4.69, 9.17) is 0 Å². The third-order valence-corrected chi connectivity index (χ3v) is 3.42. The lowest BCUT2D eigenvalue weighted by Crippen LogP contribution is -1.95. The molecule has 0 fully saturated rings. The fourth-order valence-corrected chi connectivity index (χ4v) is 2.41. The number of aryl methyl sites for hydroxylation is 1. The number of carbonyl (C=O) groups excluding carboxylic acids is 1. The van der Waals surface area contributed by atoms with Crippen molar-refractivity contribution >= 4 is 16.7 Å². The third-order valence-electron chi connectivity index (χ3n) is 3.42. The van der Waals surface area contributed by atoms with Crippen molar-refractivity contribution in [3.63, 3.8) is 0 Å². The van der Waals surface area contributed by atoms with Crippen molar-refractivity contribution in [2.24, 2.45) is 0 Å². The lowest BCUT2D eigenvalue weighted by Gasteiger charge is -2.06. The van der Waals surface area contributed by atoms with E-state index in [1.807, 2.05) is 30.5 Å². The van der Waals surface area contributed by atoms with E-state index in [-0.39, 0.29) is 5.78 Å². The molecule has 19 heavy (non-hydrogen) atoms. The zero-order chi connectivity index (χ0) is 13.4. The van der Waals surface area contributed by atoms with E-state index in [9.17, 15) is 4.79 Å². The molecule has 3 aromatic rings. The van der Waals surface area contributed by atoms with Gasteiger partial charge in [0.05, 0.1) is 5.52 Å². The van der Waals surface area contributed by atoms with Gasteiger partial charge in [-0.1, -0.05) is 29.8 Å². The fraction of sp³-hybridized carbons (Fsp3) is 0.118. The van der Waals surface area contributed by atoms with Crippen LogP contribution >= 0.6 is 0 Å². The Bertz CT molecular complexity index is 751. The fourth-order valence-electron chi connectivity index (χ4n) is 2.41. The highest BCUT2D eigenvalue weighted by atomic mass is 16.1. The topological polar surface area (TPSA) is 22.0 Å². The number of benzene rings is 2. The lowest BCUT2D eigenvalue weighted by molar-refractivity contribution is 0.101. The van der Waals surface area contributed by atoms with Crippen LogP contribution in [0, 0.1) is 6.92 Å². The predicted molar refractivity (Wildman–Crippen MR) is 78.0 cm³/mol. The number of ketones is 1. The van der Waals surface area contributed by atoms with Crippen LogP contribution in [0.25, 0.3) is 16.6 Å². The molecule has 1 heterocycles. The molecule has 2 aromatic carbocycles. The number of aromatic nitrogens is 1. The van der Waals surface area contributed by atoms with Crippen LogP contribution in [0.2, 0.25) is 0 Å². The second kappa shape index (κ2) is 4.39. The van der Waals surface area contributed by atoms with E-state index in [0.717, 1.165) is 22.2 Å². The van der Waals surface area contributed by atoms with Gasteiger partial charge in [0, 0.05) is 22.8 Å². The van der Waals surface area contributed by atoms with Gasteiger partial charge in [0.1, 0.15) is 0 Å². The molecular weight excluding hydrogens is 234 g/mol. The zero-order valence-corrected chi connectivity index (χ0v) is 11.1. The predicted octanol–water partition coefficient (Wildman–Crippen LogP) is 4.14. The maximum Gasteiger partial charge on any atom is 0.160 e. The smallest absolute Gasteiger partial charge is 0.160 e. The average molecular weight is 249 g/mol. The van der Waals surface area contributed by atoms with Gasteiger partial charge in [0.15, 0.2) is 5.78 Å². The zero-order valence-electron chi connectivity index (χ0n) is 11.1. The Morgan fingerprint density at radius 1 is 1.00 bits per heavy atom. The molecule has 0 saturated heterocycles. The molecule has 0 aliphatic carbocycles. The minimum atomic E-state index is 0.104. The summed E-state index contributed by atoms with van der Waals surface area (Å²) in [5.41, 5.74) is 4.20. The normalized spacial score (nSPS) is 10.8. The number of fused-ring (bicyclic) bond motifs is 1. The van der Waals surface area contributed by atoms with Gasteiger partial charge in [-0.05, 0) is 38.1 Å². The third kappa shape index (κ3) is 1.95. The highest BCUT2D eigenvalue weighted by molar-refractivity contribution is 6.06. The summed E-state index contributed by atoms with van der Waals surface area (Å²) in [6.07, 6.45) is 2.02. The highest BCUT2D eigenvalue weighted by Crippen LogP contribution is 2.24. The summed E-state index contributed by atoms with van der Waals surface area (Å²) in [4.78, 5) is 11.6. The van der Waals surface area contributed by atoms with Gasteiger partial charge in [-0.3, -0.25) is 4.79 Å². The first kappa shape index (κ1) is 11.7. The van der Waals surface area contributed by atoms with Crippen LogP contribution in [-0.4, -0.2) is 10.4 Å². The summed E-state index contributed by atoms with van der Waals surface area (Å²) in [5.74, 6) is 0.104. The van der Waals surface area contributed by atoms with Gasteiger partial charge >= 0.3 is 0 Å². The molecular formula is C17H15NO. The Morgan fingerprint density at radius 2 is 1.74 bits per heavy atom. The van der Waals surface area contributed by atoms with Crippen molar-refractivity contribution in [3.05, 3.63) is 65.9 Å². The van der Waals surface area contributed by atoms with Crippen LogP contribution in [0.5, 0.6) is 0 Å². The minimum Gasteiger partial charge on any atom is -0.317 e. The van der Waals surface area contributed by atoms with Crippen molar-refractivity contribution in [1.82, 2.24) is 4.57 Å². The molecule has 0 bridgehead atoms. The van der Waals surface area contributed by atoms with Gasteiger partial charge in [-0.2, -0.15) is 0 Å². The lowest BCUT2D eigenvalue weighted by atomic mass is 10.1. The second-order valence-electron chi connectivity index (χ2n) is 4.82. The molecule has 3 rings (SSSR count). The van der Waals surface area contributed by atoms with Crippen molar-refractivity contribution < 1.29 is 4.79 Å². The average Bonchev–Trinajstić information content (AvgIpc) is 2.83. The Morgan fingerprint density at radius 3 is 2.42 bits per heavy atom. The number of hydrogen-bond donors (Lipinski definition) is 0. The molecule has 0 atom stereocenters. The molecule has 0 unspecified atom stereocenters. The van der Waals surface area contributed by atoms with Crippen molar-refractivity contribution in [3.8, 4) is 5.69 Å². The monoisotopic (exact) mass is 249 g/mol. The standard InChI is InChI=1S/C17H15NO/c1-12-6-8-14(9-7-12)18-11-10-16-15(13(2)19)4-3-5-17(16)18/h3-11H,1-2H3. The van der Waals surface area contributed by atoms with Crippen molar-refractivity contribution in [2.45, 2.75) is 13.8 Å². The summed E-state index contributed by atoms with van der Waals surface area (Å²) < 4.78 is 2.11. The molecule has 0 N–H and O–H groups in total. The molecule has 0 amide bonds. The molecule has 2 nitrogen and oxygen atoms in total. The van der Waals surface area contributed by atoms with Crippen LogP contribution in [-0.2, 0) is 0 Å². The first-order chi connectivity index (χ1) is 9.16. The Hall–Kier alpha value is -2.35. The minimum absolute atomic E-state index is 0.104. The van der Waals surface area contributed by atoms with E-state index in [1.54, 1.807) is 6.92 Å². The molecule has 0 saturated carbocycles. The Labute approximate surface area is 112 Å². The summed E-state index contributed by atoms with van der Waals surface area (Å²) in [5, 5.41) is 1.01. The Kier molecular flexibility index (Phi) is 2.71. The van der Waals surface area contributed by atoms with E-state index < -0.39 is 0 Å².